The van der Waals surface area contributed by atoms with E-state index in [1.807, 2.05) is 24.3 Å². The number of rotatable bonds is 10. The molecule has 2 N–H and O–H groups in total. The SMILES string of the molecule is COc1cccc(/C=C(\NC(=O)c2ccccc2)C(=O)Nc2ccc(C(=O)/C=C/c3ccc(Br)cc3)cc2)c1OC. The number of methoxy groups -OCH3 is 2. The van der Waals surface area contributed by atoms with Crippen LogP contribution in [0, 0.1) is 0 Å². The molecule has 41 heavy (non-hydrogen) atoms. The number of ether oxygens (including phenoxy) is 2. The van der Waals surface area contributed by atoms with Gasteiger partial charge in [-0.3, -0.25) is 14.4 Å². The predicted molar refractivity (Wildman–Crippen MR) is 164 cm³/mol. The lowest BCUT2D eigenvalue weighted by Gasteiger charge is -2.14. The third kappa shape index (κ3) is 7.80. The Bertz CT molecular complexity index is 1600. The topological polar surface area (TPSA) is 93.7 Å². The number of benzene rings is 4. The molecular weight excluding hydrogens is 584 g/mol. The number of carbonyl (C=O) groups excluding carboxylic acids is 3. The van der Waals surface area contributed by atoms with E-state index in [1.165, 1.54) is 26.4 Å². The molecule has 0 aliphatic heterocycles. The fraction of sp³-hybridized carbons (Fsp3) is 0.0606. The van der Waals surface area contributed by atoms with Gasteiger partial charge in [-0.25, -0.2) is 0 Å². The molecule has 0 saturated carbocycles. The summed E-state index contributed by atoms with van der Waals surface area (Å²) in [6.07, 6.45) is 4.75. The minimum Gasteiger partial charge on any atom is -0.493 e. The standard InChI is InChI=1S/C33H27BrN2O5/c1-40-30-10-6-9-25(31(30)41-2)21-28(36-32(38)24-7-4-3-5-8-24)33(39)35-27-18-14-23(15-19-27)29(37)20-13-22-11-16-26(34)17-12-22/h3-21H,1-2H3,(H,35,39)(H,36,38)/b20-13+,28-21-. The molecule has 4 aromatic carbocycles. The second-order valence-electron chi connectivity index (χ2n) is 8.74. The molecule has 0 atom stereocenters. The van der Waals surface area contributed by atoms with E-state index in [1.54, 1.807) is 78.9 Å². The number of hydrogen-bond donors (Lipinski definition) is 2. The number of amides is 2. The van der Waals surface area contributed by atoms with Gasteiger partial charge in [0.05, 0.1) is 14.2 Å². The molecule has 0 aliphatic rings. The van der Waals surface area contributed by atoms with Gasteiger partial charge in [-0.05, 0) is 72.3 Å². The van der Waals surface area contributed by atoms with E-state index in [-0.39, 0.29) is 11.5 Å². The van der Waals surface area contributed by atoms with Gasteiger partial charge in [-0.1, -0.05) is 64.5 Å². The minimum atomic E-state index is -0.562. The quantitative estimate of drug-likeness (QED) is 0.153. The van der Waals surface area contributed by atoms with E-state index < -0.39 is 11.8 Å². The van der Waals surface area contributed by atoms with Crippen molar-refractivity contribution < 1.29 is 23.9 Å². The molecule has 4 aromatic rings. The Hall–Kier alpha value is -4.95. The minimum absolute atomic E-state index is 0.0111. The van der Waals surface area contributed by atoms with Crippen molar-refractivity contribution in [1.82, 2.24) is 5.32 Å². The van der Waals surface area contributed by atoms with Crippen LogP contribution < -0.4 is 20.1 Å². The second-order valence-corrected chi connectivity index (χ2v) is 9.66. The van der Waals surface area contributed by atoms with Crippen LogP contribution in [0.15, 0.2) is 113 Å². The third-order valence-electron chi connectivity index (χ3n) is 5.99. The number of ketones is 1. The van der Waals surface area contributed by atoms with Gasteiger partial charge in [0.25, 0.3) is 11.8 Å². The number of anilines is 1. The maximum atomic E-state index is 13.4. The largest absolute Gasteiger partial charge is 0.493 e. The first-order chi connectivity index (χ1) is 19.9. The maximum Gasteiger partial charge on any atom is 0.272 e. The number of carbonyl (C=O) groups is 3. The predicted octanol–water partition coefficient (Wildman–Crippen LogP) is 6.77. The van der Waals surface area contributed by atoms with Crippen molar-refractivity contribution in [3.63, 3.8) is 0 Å². The van der Waals surface area contributed by atoms with E-state index in [2.05, 4.69) is 26.6 Å². The second kappa shape index (κ2) is 13.9. The molecule has 0 saturated heterocycles. The lowest BCUT2D eigenvalue weighted by Crippen LogP contribution is -2.30. The Labute approximate surface area is 246 Å². The van der Waals surface area contributed by atoms with Gasteiger partial charge in [0.2, 0.25) is 0 Å². The van der Waals surface area contributed by atoms with Crippen molar-refractivity contribution in [2.24, 2.45) is 0 Å². The van der Waals surface area contributed by atoms with E-state index >= 15 is 0 Å². The third-order valence-corrected chi connectivity index (χ3v) is 6.52. The summed E-state index contributed by atoms with van der Waals surface area (Å²) in [6.45, 7) is 0. The lowest BCUT2D eigenvalue weighted by atomic mass is 10.1. The molecule has 0 heterocycles. The Kier molecular flexibility index (Phi) is 9.85. The van der Waals surface area contributed by atoms with Crippen LogP contribution in [0.4, 0.5) is 5.69 Å². The first kappa shape index (κ1) is 29.0. The fourth-order valence-corrected chi connectivity index (χ4v) is 4.15. The monoisotopic (exact) mass is 610 g/mol. The van der Waals surface area contributed by atoms with Crippen molar-refractivity contribution in [2.75, 3.05) is 19.5 Å². The van der Waals surface area contributed by atoms with Crippen molar-refractivity contribution in [3.05, 3.63) is 136 Å². The van der Waals surface area contributed by atoms with Crippen LogP contribution in [-0.2, 0) is 4.79 Å². The molecule has 0 bridgehead atoms. The fourth-order valence-electron chi connectivity index (χ4n) is 3.88. The summed E-state index contributed by atoms with van der Waals surface area (Å²) < 4.78 is 11.8. The number of nitrogens with one attached hydrogen (secondary N) is 2. The van der Waals surface area contributed by atoms with Gasteiger partial charge < -0.3 is 20.1 Å². The van der Waals surface area contributed by atoms with Crippen LogP contribution >= 0.6 is 15.9 Å². The van der Waals surface area contributed by atoms with E-state index in [0.717, 1.165) is 10.0 Å². The molecule has 206 valence electrons. The summed E-state index contributed by atoms with van der Waals surface area (Å²) in [5.41, 5.74) is 2.72. The Morgan fingerprint density at radius 1 is 0.756 bits per heavy atom. The van der Waals surface area contributed by atoms with Gasteiger partial charge in [-0.2, -0.15) is 0 Å². The smallest absolute Gasteiger partial charge is 0.272 e. The van der Waals surface area contributed by atoms with Crippen LogP contribution in [-0.4, -0.2) is 31.8 Å². The van der Waals surface area contributed by atoms with Crippen LogP contribution in [0.3, 0.4) is 0 Å². The van der Waals surface area contributed by atoms with Crippen molar-refractivity contribution in [3.8, 4) is 11.5 Å². The average molecular weight is 611 g/mol. The molecule has 4 rings (SSSR count). The highest BCUT2D eigenvalue weighted by Crippen LogP contribution is 2.32. The summed E-state index contributed by atoms with van der Waals surface area (Å²) in [7, 11) is 3.01. The number of para-hydroxylation sites is 1. The summed E-state index contributed by atoms with van der Waals surface area (Å²) in [4.78, 5) is 39.0. The summed E-state index contributed by atoms with van der Waals surface area (Å²) in [5, 5.41) is 5.49. The Balaban J connectivity index is 1.55. The van der Waals surface area contributed by atoms with Crippen molar-refractivity contribution >= 4 is 51.4 Å². The average Bonchev–Trinajstić information content (AvgIpc) is 3.00. The maximum absolute atomic E-state index is 13.4. The van der Waals surface area contributed by atoms with Gasteiger partial charge in [0.15, 0.2) is 17.3 Å². The number of hydrogen-bond acceptors (Lipinski definition) is 5. The summed E-state index contributed by atoms with van der Waals surface area (Å²) in [6, 6.07) is 27.9. The van der Waals surface area contributed by atoms with Crippen LogP contribution in [0.5, 0.6) is 11.5 Å². The van der Waals surface area contributed by atoms with Gasteiger partial charge in [-0.15, -0.1) is 0 Å². The molecule has 7 nitrogen and oxygen atoms in total. The highest BCUT2D eigenvalue weighted by atomic mass is 79.9. The number of allylic oxidation sites excluding steroid dienone is 1. The van der Waals surface area contributed by atoms with Crippen LogP contribution in [0.25, 0.3) is 12.2 Å². The normalized spacial score (nSPS) is 11.1. The van der Waals surface area contributed by atoms with Gasteiger partial charge in [0.1, 0.15) is 5.70 Å². The van der Waals surface area contributed by atoms with Crippen LogP contribution in [0.2, 0.25) is 0 Å². The molecule has 0 fully saturated rings. The molecule has 0 unspecified atom stereocenters. The first-order valence-electron chi connectivity index (χ1n) is 12.6. The molecule has 0 aliphatic carbocycles. The molecule has 0 aromatic heterocycles. The molecule has 0 radical (unpaired) electrons. The van der Waals surface area contributed by atoms with Gasteiger partial charge in [0, 0.05) is 26.9 Å². The highest BCUT2D eigenvalue weighted by molar-refractivity contribution is 9.10. The summed E-state index contributed by atoms with van der Waals surface area (Å²) >= 11 is 3.39. The molecule has 0 spiro atoms. The van der Waals surface area contributed by atoms with E-state index in [0.29, 0.717) is 33.9 Å². The Morgan fingerprint density at radius 3 is 2.12 bits per heavy atom. The zero-order valence-corrected chi connectivity index (χ0v) is 24.0. The zero-order valence-electron chi connectivity index (χ0n) is 22.4. The zero-order chi connectivity index (χ0) is 29.2. The van der Waals surface area contributed by atoms with E-state index in [4.69, 9.17) is 9.47 Å². The molecule has 2 amide bonds. The van der Waals surface area contributed by atoms with Crippen molar-refractivity contribution in [2.45, 2.75) is 0 Å². The van der Waals surface area contributed by atoms with E-state index in [9.17, 15) is 14.4 Å². The van der Waals surface area contributed by atoms with Crippen molar-refractivity contribution in [1.29, 1.82) is 0 Å². The molecule has 8 heteroatoms. The lowest BCUT2D eigenvalue weighted by molar-refractivity contribution is -0.113. The van der Waals surface area contributed by atoms with Crippen LogP contribution in [0.1, 0.15) is 31.8 Å². The Morgan fingerprint density at radius 2 is 1.46 bits per heavy atom. The number of halogens is 1. The first-order valence-corrected chi connectivity index (χ1v) is 13.4. The van der Waals surface area contributed by atoms with Gasteiger partial charge >= 0.3 is 0 Å². The highest BCUT2D eigenvalue weighted by Gasteiger charge is 2.17. The summed E-state index contributed by atoms with van der Waals surface area (Å²) in [5.74, 6) is -0.300. The molecular formula is C33H27BrN2O5.